The fourth-order valence-corrected chi connectivity index (χ4v) is 4.53. The third-order valence-electron chi connectivity index (χ3n) is 5.80. The number of benzene rings is 3. The average Bonchev–Trinajstić information content (AvgIpc) is 3.24. The molecule has 160 valence electrons. The summed E-state index contributed by atoms with van der Waals surface area (Å²) in [6.07, 6.45) is 3.27. The summed E-state index contributed by atoms with van der Waals surface area (Å²) < 4.78 is 14.6. The number of pyridine rings is 2. The summed E-state index contributed by atoms with van der Waals surface area (Å²) in [4.78, 5) is 27.7. The van der Waals surface area contributed by atoms with E-state index >= 15 is 0 Å². The van der Waals surface area contributed by atoms with Crippen LogP contribution in [-0.4, -0.2) is 19.9 Å². The number of nitrogen functional groups attached to an aromatic ring is 1. The van der Waals surface area contributed by atoms with Crippen LogP contribution < -0.4 is 11.3 Å². The van der Waals surface area contributed by atoms with Crippen molar-refractivity contribution in [3.05, 3.63) is 88.2 Å². The molecule has 33 heavy (non-hydrogen) atoms. The van der Waals surface area contributed by atoms with Crippen molar-refractivity contribution in [2.24, 2.45) is 0 Å². The lowest BCUT2D eigenvalue weighted by Crippen LogP contribution is -2.05. The van der Waals surface area contributed by atoms with Crippen molar-refractivity contribution in [1.29, 1.82) is 0 Å². The third-order valence-corrected chi connectivity index (χ3v) is 6.11. The average molecular weight is 456 g/mol. The molecule has 0 saturated carbocycles. The molecule has 0 aliphatic heterocycles. The minimum atomic E-state index is -0.480. The van der Waals surface area contributed by atoms with Gasteiger partial charge in [0.2, 0.25) is 0 Å². The number of aromatic amines is 2. The summed E-state index contributed by atoms with van der Waals surface area (Å²) in [6.45, 7) is 0. The number of imidazole rings is 1. The molecular formula is C25H15ClFN5O. The molecule has 0 fully saturated rings. The molecule has 0 aliphatic carbocycles. The van der Waals surface area contributed by atoms with E-state index in [4.69, 9.17) is 22.3 Å². The maximum absolute atomic E-state index is 14.6. The van der Waals surface area contributed by atoms with Crippen LogP contribution in [0.5, 0.6) is 0 Å². The van der Waals surface area contributed by atoms with Crippen molar-refractivity contribution in [2.75, 3.05) is 5.73 Å². The minimum absolute atomic E-state index is 0.186. The second-order valence-electron chi connectivity index (χ2n) is 7.73. The first-order valence-electron chi connectivity index (χ1n) is 10.1. The van der Waals surface area contributed by atoms with Gasteiger partial charge in [0.1, 0.15) is 17.5 Å². The van der Waals surface area contributed by atoms with Crippen molar-refractivity contribution < 1.29 is 4.39 Å². The summed E-state index contributed by atoms with van der Waals surface area (Å²) in [5.74, 6) is 0.249. The van der Waals surface area contributed by atoms with E-state index in [1.165, 1.54) is 6.07 Å². The third kappa shape index (κ3) is 2.97. The fraction of sp³-hybridized carbons (Fsp3) is 0. The lowest BCUT2D eigenvalue weighted by molar-refractivity contribution is 0.630. The number of hydrogen-bond acceptors (Lipinski definition) is 4. The van der Waals surface area contributed by atoms with Crippen LogP contribution in [0.1, 0.15) is 0 Å². The fourth-order valence-electron chi connectivity index (χ4n) is 4.27. The number of H-pyrrole nitrogens is 2. The molecule has 4 N–H and O–H groups in total. The molecule has 3 aromatic heterocycles. The summed E-state index contributed by atoms with van der Waals surface area (Å²) in [7, 11) is 0. The number of anilines is 1. The van der Waals surface area contributed by atoms with Crippen LogP contribution in [0.3, 0.4) is 0 Å². The quantitative estimate of drug-likeness (QED) is 0.293. The van der Waals surface area contributed by atoms with Crippen LogP contribution in [0, 0.1) is 5.82 Å². The van der Waals surface area contributed by atoms with Gasteiger partial charge in [-0.25, -0.2) is 14.4 Å². The Morgan fingerprint density at radius 3 is 2.61 bits per heavy atom. The molecule has 6 aromatic rings. The van der Waals surface area contributed by atoms with Gasteiger partial charge in [0, 0.05) is 28.7 Å². The number of rotatable bonds is 2. The predicted molar refractivity (Wildman–Crippen MR) is 130 cm³/mol. The van der Waals surface area contributed by atoms with Crippen LogP contribution >= 0.6 is 11.6 Å². The first-order chi connectivity index (χ1) is 16.0. The molecule has 0 spiro atoms. The predicted octanol–water partition coefficient (Wildman–Crippen LogP) is 5.66. The van der Waals surface area contributed by atoms with E-state index in [1.807, 2.05) is 24.3 Å². The van der Waals surface area contributed by atoms with Crippen LogP contribution in [-0.2, 0) is 0 Å². The van der Waals surface area contributed by atoms with Crippen LogP contribution in [0.2, 0.25) is 5.02 Å². The van der Waals surface area contributed by atoms with Crippen molar-refractivity contribution in [1.82, 2.24) is 19.9 Å². The van der Waals surface area contributed by atoms with Gasteiger partial charge in [-0.3, -0.25) is 4.79 Å². The molecule has 3 heterocycles. The van der Waals surface area contributed by atoms with E-state index in [2.05, 4.69) is 15.0 Å². The van der Waals surface area contributed by atoms with Gasteiger partial charge in [-0.05, 0) is 47.3 Å². The van der Waals surface area contributed by atoms with Crippen LogP contribution in [0.25, 0.3) is 55.1 Å². The Morgan fingerprint density at radius 2 is 1.82 bits per heavy atom. The van der Waals surface area contributed by atoms with Crippen molar-refractivity contribution >= 4 is 50.0 Å². The molecule has 0 radical (unpaired) electrons. The number of nitrogens with one attached hydrogen (secondary N) is 2. The molecule has 0 unspecified atom stereocenters. The Balaban J connectivity index is 1.73. The lowest BCUT2D eigenvalue weighted by atomic mass is 9.97. The molecule has 3 aromatic carbocycles. The van der Waals surface area contributed by atoms with E-state index in [-0.39, 0.29) is 16.1 Å². The highest BCUT2D eigenvalue weighted by atomic mass is 35.5. The van der Waals surface area contributed by atoms with Gasteiger partial charge in [-0.1, -0.05) is 29.8 Å². The smallest absolute Gasteiger partial charge is 0.256 e. The van der Waals surface area contributed by atoms with Gasteiger partial charge in [0.15, 0.2) is 0 Å². The number of hydrogen-bond donors (Lipinski definition) is 3. The van der Waals surface area contributed by atoms with Gasteiger partial charge < -0.3 is 15.7 Å². The van der Waals surface area contributed by atoms with E-state index in [1.54, 1.807) is 36.7 Å². The molecule has 0 aliphatic rings. The Hall–Kier alpha value is -4.23. The number of halogens is 2. The first-order valence-corrected chi connectivity index (χ1v) is 10.5. The Bertz CT molecular complexity index is 1750. The van der Waals surface area contributed by atoms with Crippen molar-refractivity contribution in [2.45, 2.75) is 0 Å². The molecule has 8 heteroatoms. The molecule has 0 atom stereocenters. The number of nitrogens with two attached hydrogens (primary N) is 1. The minimum Gasteiger partial charge on any atom is -0.384 e. The van der Waals surface area contributed by atoms with Gasteiger partial charge in [0.25, 0.3) is 5.56 Å². The standard InChI is InChI=1S/C25H15ClFN5O/c26-17-2-1-3-18(27)21(17)24-31-22-14-6-4-12(13-5-7-19(28)30-11-13)10-16(14)20-15(23(22)32-24)8-9-29-25(20)33/h1-11H,(H2,28,30)(H,29,33)(H,31,32). The Kier molecular flexibility index (Phi) is 4.21. The number of nitrogens with zero attached hydrogens (tertiary/aromatic N) is 2. The maximum atomic E-state index is 14.6. The number of aromatic nitrogens is 4. The van der Waals surface area contributed by atoms with E-state index in [0.717, 1.165) is 21.9 Å². The monoisotopic (exact) mass is 455 g/mol. The summed E-state index contributed by atoms with van der Waals surface area (Å²) in [5.41, 5.74) is 8.69. The molecule has 6 nitrogen and oxygen atoms in total. The lowest BCUT2D eigenvalue weighted by Gasteiger charge is -2.08. The molecular weight excluding hydrogens is 441 g/mol. The topological polar surface area (TPSA) is 100 Å². The summed E-state index contributed by atoms with van der Waals surface area (Å²) >= 11 is 6.28. The Morgan fingerprint density at radius 1 is 0.970 bits per heavy atom. The van der Waals surface area contributed by atoms with E-state index in [9.17, 15) is 9.18 Å². The van der Waals surface area contributed by atoms with Gasteiger partial charge >= 0.3 is 0 Å². The second kappa shape index (κ2) is 7.15. The zero-order valence-electron chi connectivity index (χ0n) is 17.0. The Labute approximate surface area is 190 Å². The zero-order valence-corrected chi connectivity index (χ0v) is 17.7. The van der Waals surface area contributed by atoms with E-state index < -0.39 is 5.82 Å². The van der Waals surface area contributed by atoms with Crippen molar-refractivity contribution in [3.8, 4) is 22.5 Å². The van der Waals surface area contributed by atoms with Gasteiger partial charge in [-0.15, -0.1) is 0 Å². The zero-order chi connectivity index (χ0) is 22.7. The van der Waals surface area contributed by atoms with E-state index in [0.29, 0.717) is 33.4 Å². The maximum Gasteiger partial charge on any atom is 0.256 e. The van der Waals surface area contributed by atoms with Crippen LogP contribution in [0.4, 0.5) is 10.2 Å². The highest BCUT2D eigenvalue weighted by molar-refractivity contribution is 6.33. The summed E-state index contributed by atoms with van der Waals surface area (Å²) in [5, 5.41) is 2.93. The van der Waals surface area contributed by atoms with Crippen molar-refractivity contribution in [3.63, 3.8) is 0 Å². The second-order valence-corrected chi connectivity index (χ2v) is 8.14. The van der Waals surface area contributed by atoms with Gasteiger partial charge in [-0.2, -0.15) is 0 Å². The SMILES string of the molecule is Nc1ccc(-c2ccc3c(c2)c2c(=O)[nH]ccc2c2[nH]c(-c4c(F)cccc4Cl)nc32)cn1. The number of fused-ring (bicyclic) bond motifs is 6. The normalized spacial score (nSPS) is 11.6. The largest absolute Gasteiger partial charge is 0.384 e. The molecule has 0 saturated heterocycles. The molecule has 0 amide bonds. The summed E-state index contributed by atoms with van der Waals surface area (Å²) in [6, 6.07) is 15.7. The van der Waals surface area contributed by atoms with Crippen LogP contribution in [0.15, 0.2) is 71.8 Å². The first kappa shape index (κ1) is 19.5. The molecule has 6 rings (SSSR count). The molecule has 0 bridgehead atoms. The highest BCUT2D eigenvalue weighted by Gasteiger charge is 2.19. The highest BCUT2D eigenvalue weighted by Crippen LogP contribution is 2.37. The van der Waals surface area contributed by atoms with Gasteiger partial charge in [0.05, 0.1) is 27.0 Å².